The van der Waals surface area contributed by atoms with Crippen molar-refractivity contribution in [2.24, 2.45) is 10.7 Å². The summed E-state index contributed by atoms with van der Waals surface area (Å²) in [5, 5.41) is 2.37. The highest BCUT2D eigenvalue weighted by atomic mass is 32.2. The van der Waals surface area contributed by atoms with Crippen LogP contribution >= 0.6 is 11.8 Å². The third kappa shape index (κ3) is 4.30. The van der Waals surface area contributed by atoms with Crippen LogP contribution in [0.25, 0.3) is 27.6 Å². The van der Waals surface area contributed by atoms with Crippen LogP contribution < -0.4 is 10.6 Å². The van der Waals surface area contributed by atoms with Gasteiger partial charge in [0.25, 0.3) is 0 Å². The molecule has 0 saturated carbocycles. The minimum Gasteiger partial charge on any atom is -0.321 e. The second kappa shape index (κ2) is 12.0. The van der Waals surface area contributed by atoms with Crippen molar-refractivity contribution in [3.63, 3.8) is 0 Å². The average Bonchev–Trinajstić information content (AvgIpc) is 3.55. The molecule has 1 spiro atoms. The van der Waals surface area contributed by atoms with Crippen molar-refractivity contribution in [1.82, 2.24) is 4.57 Å². The Labute approximate surface area is 307 Å². The largest absolute Gasteiger partial charge is 0.321 e. The summed E-state index contributed by atoms with van der Waals surface area (Å²) >= 11 is 1.87. The maximum atomic E-state index is 6.78. The second-order valence-corrected chi connectivity index (χ2v) is 14.4. The van der Waals surface area contributed by atoms with Crippen molar-refractivity contribution in [1.29, 1.82) is 0 Å². The van der Waals surface area contributed by atoms with Crippen molar-refractivity contribution < 1.29 is 0 Å². The molecule has 2 aliphatic rings. The SMILES string of the molecule is C=N/C(=C\C(N)c1ccccc1)n1c2ccccc2c2c3c(ccc21)C1(c2ccccc2S3)c2ccccc2N(c2ccccc2)c2ccccc21. The maximum Gasteiger partial charge on any atom is 0.134 e. The molecule has 1 aromatic heterocycles. The van der Waals surface area contributed by atoms with Gasteiger partial charge in [-0.2, -0.15) is 0 Å². The van der Waals surface area contributed by atoms with E-state index in [1.807, 2.05) is 36.0 Å². The van der Waals surface area contributed by atoms with Gasteiger partial charge < -0.3 is 10.6 Å². The summed E-state index contributed by atoms with van der Waals surface area (Å²) in [4.78, 5) is 9.53. The maximum absolute atomic E-state index is 6.78. The van der Waals surface area contributed by atoms with Crippen LogP contribution in [0, 0.1) is 0 Å². The number of nitrogens with two attached hydrogens (primary N) is 1. The standard InChI is InChI=1S/C47H34N4S/c1-49-44(30-38(48)31-16-4-2-5-17-31)51-39-24-12-8-20-33(39)45-42(51)29-28-37-46(45)52-43-27-15-11-23-36(43)47(37)34-21-9-13-25-40(34)50(32-18-6-3-7-19-32)41-26-14-10-22-35(41)47/h2-30,38H,1,48H2/b44-30+. The molecule has 0 amide bonds. The zero-order valence-corrected chi connectivity index (χ0v) is 29.2. The van der Waals surface area contributed by atoms with Crippen LogP contribution in [-0.4, -0.2) is 11.3 Å². The van der Waals surface area contributed by atoms with E-state index in [4.69, 9.17) is 5.73 Å². The monoisotopic (exact) mass is 686 g/mol. The molecule has 5 heteroatoms. The summed E-state index contributed by atoms with van der Waals surface area (Å²) in [5.41, 5.74) is 18.0. The van der Waals surface area contributed by atoms with E-state index in [0.717, 1.165) is 22.3 Å². The van der Waals surface area contributed by atoms with Gasteiger partial charge in [-0.15, -0.1) is 0 Å². The smallest absolute Gasteiger partial charge is 0.134 e. The number of aliphatic imine (C=N–C) groups is 1. The molecular weight excluding hydrogens is 653 g/mol. The number of hydrogen-bond donors (Lipinski definition) is 1. The van der Waals surface area contributed by atoms with Crippen molar-refractivity contribution in [3.05, 3.63) is 204 Å². The summed E-state index contributed by atoms with van der Waals surface area (Å²) in [6.45, 7) is 4.04. The van der Waals surface area contributed by atoms with Crippen LogP contribution in [0.5, 0.6) is 0 Å². The van der Waals surface area contributed by atoms with Crippen molar-refractivity contribution in [2.75, 3.05) is 4.90 Å². The Kier molecular flexibility index (Phi) is 7.07. The molecule has 52 heavy (non-hydrogen) atoms. The molecule has 248 valence electrons. The Hall–Kier alpha value is -6.14. The van der Waals surface area contributed by atoms with E-state index in [0.29, 0.717) is 5.82 Å². The minimum absolute atomic E-state index is 0.345. The second-order valence-electron chi connectivity index (χ2n) is 13.4. The number of hydrogen-bond acceptors (Lipinski definition) is 4. The molecule has 0 saturated heterocycles. The van der Waals surface area contributed by atoms with E-state index < -0.39 is 5.41 Å². The van der Waals surface area contributed by atoms with Gasteiger partial charge in [-0.25, -0.2) is 4.99 Å². The first-order chi connectivity index (χ1) is 25.7. The molecule has 0 bridgehead atoms. The fourth-order valence-corrected chi connectivity index (χ4v) is 9.95. The van der Waals surface area contributed by atoms with E-state index in [1.54, 1.807) is 0 Å². The highest BCUT2D eigenvalue weighted by Gasteiger charge is 2.50. The minimum atomic E-state index is -0.571. The molecule has 4 nitrogen and oxygen atoms in total. The Morgan fingerprint density at radius 1 is 0.615 bits per heavy atom. The van der Waals surface area contributed by atoms with Crippen LogP contribution in [0.15, 0.2) is 191 Å². The van der Waals surface area contributed by atoms with E-state index in [1.165, 1.54) is 54.2 Å². The molecular formula is C47H34N4S. The molecule has 10 rings (SSSR count). The third-order valence-electron chi connectivity index (χ3n) is 10.7. The van der Waals surface area contributed by atoms with Gasteiger partial charge >= 0.3 is 0 Å². The van der Waals surface area contributed by atoms with Gasteiger partial charge in [0.1, 0.15) is 5.82 Å². The summed E-state index contributed by atoms with van der Waals surface area (Å²) in [5.74, 6) is 0.713. The molecule has 0 fully saturated rings. The lowest BCUT2D eigenvalue weighted by Crippen LogP contribution is -2.39. The van der Waals surface area contributed by atoms with Crippen LogP contribution in [0.2, 0.25) is 0 Å². The Balaban J connectivity index is 1.31. The normalized spacial score (nSPS) is 14.8. The molecule has 0 radical (unpaired) electrons. The highest BCUT2D eigenvalue weighted by molar-refractivity contribution is 7.99. The van der Waals surface area contributed by atoms with E-state index in [9.17, 15) is 0 Å². The number of rotatable bonds is 5. The molecule has 1 unspecified atom stereocenters. The average molecular weight is 687 g/mol. The summed E-state index contributed by atoms with van der Waals surface area (Å²) in [6, 6.07) is 60.7. The summed E-state index contributed by atoms with van der Waals surface area (Å²) in [7, 11) is 0. The lowest BCUT2D eigenvalue weighted by Gasteiger charge is -2.49. The fourth-order valence-electron chi connectivity index (χ4n) is 8.61. The quantitative estimate of drug-likeness (QED) is 0.183. The number of anilines is 3. The van der Waals surface area contributed by atoms with Crippen molar-refractivity contribution in [3.8, 4) is 0 Å². The fraction of sp³-hybridized carbons (Fsp3) is 0.0426. The van der Waals surface area contributed by atoms with Crippen molar-refractivity contribution in [2.45, 2.75) is 21.2 Å². The number of para-hydroxylation sites is 4. The lowest BCUT2D eigenvalue weighted by atomic mass is 9.62. The molecule has 2 N–H and O–H groups in total. The Morgan fingerprint density at radius 2 is 1.21 bits per heavy atom. The predicted octanol–water partition coefficient (Wildman–Crippen LogP) is 11.6. The van der Waals surface area contributed by atoms with E-state index >= 15 is 0 Å². The van der Waals surface area contributed by atoms with Crippen LogP contribution in [-0.2, 0) is 5.41 Å². The van der Waals surface area contributed by atoms with Gasteiger partial charge in [0.15, 0.2) is 0 Å². The zero-order valence-electron chi connectivity index (χ0n) is 28.4. The third-order valence-corrected chi connectivity index (χ3v) is 11.9. The van der Waals surface area contributed by atoms with Crippen LogP contribution in [0.3, 0.4) is 0 Å². The van der Waals surface area contributed by atoms with Gasteiger partial charge in [-0.1, -0.05) is 139 Å². The van der Waals surface area contributed by atoms with Gasteiger partial charge in [-0.3, -0.25) is 4.57 Å². The number of fused-ring (bicyclic) bond motifs is 12. The van der Waals surface area contributed by atoms with E-state index in [-0.39, 0.29) is 6.04 Å². The molecule has 1 atom stereocenters. The van der Waals surface area contributed by atoms with Gasteiger partial charge in [-0.05, 0) is 83.1 Å². The summed E-state index contributed by atoms with van der Waals surface area (Å²) in [6.07, 6.45) is 2.02. The highest BCUT2D eigenvalue weighted by Crippen LogP contribution is 2.64. The van der Waals surface area contributed by atoms with Gasteiger partial charge in [0.05, 0.1) is 33.9 Å². The number of aromatic nitrogens is 1. The van der Waals surface area contributed by atoms with E-state index in [2.05, 4.69) is 173 Å². The molecule has 2 aliphatic heterocycles. The predicted molar refractivity (Wildman–Crippen MR) is 217 cm³/mol. The Morgan fingerprint density at radius 3 is 1.92 bits per heavy atom. The molecule has 3 heterocycles. The van der Waals surface area contributed by atoms with Crippen LogP contribution in [0.4, 0.5) is 17.1 Å². The first-order valence-corrected chi connectivity index (χ1v) is 18.4. The van der Waals surface area contributed by atoms with Gasteiger partial charge in [0, 0.05) is 26.3 Å². The molecule has 8 aromatic rings. The number of benzene rings is 7. The van der Waals surface area contributed by atoms with Gasteiger partial charge in [0.2, 0.25) is 0 Å². The van der Waals surface area contributed by atoms with Crippen LogP contribution in [0.1, 0.15) is 33.9 Å². The molecule has 7 aromatic carbocycles. The Bertz CT molecular complexity index is 2660. The summed E-state index contributed by atoms with van der Waals surface area (Å²) < 4.78 is 2.23. The topological polar surface area (TPSA) is 46.5 Å². The molecule has 0 aliphatic carbocycles. The first-order valence-electron chi connectivity index (χ1n) is 17.6. The van der Waals surface area contributed by atoms with Crippen molar-refractivity contribution >= 4 is 63.2 Å². The lowest BCUT2D eigenvalue weighted by molar-refractivity contribution is 0.695. The number of nitrogens with zero attached hydrogens (tertiary/aromatic N) is 3. The first kappa shape index (κ1) is 30.7. The zero-order chi connectivity index (χ0) is 34.8.